The fraction of sp³-hybridized carbons (Fsp3) is 1.00. The molecule has 2 fully saturated rings. The Hall–Kier alpha value is 0.310. The summed E-state index contributed by atoms with van der Waals surface area (Å²) in [5.74, 6) is 2.51. The van der Waals surface area contributed by atoms with Gasteiger partial charge in [-0.2, -0.15) is 11.8 Å². The molecule has 0 aromatic carbocycles. The minimum Gasteiger partial charge on any atom is -0.317 e. The molecule has 0 amide bonds. The highest BCUT2D eigenvalue weighted by Crippen LogP contribution is 2.34. The molecule has 0 aromatic heterocycles. The molecule has 0 radical (unpaired) electrons. The highest BCUT2D eigenvalue weighted by atomic mass is 32.2. The maximum atomic E-state index is 3.45. The monoisotopic (exact) mass is 227 g/mol. The number of nitrogens with one attached hydrogen (secondary N) is 1. The van der Waals surface area contributed by atoms with E-state index in [-0.39, 0.29) is 0 Å². The molecule has 2 aliphatic rings. The lowest BCUT2D eigenvalue weighted by molar-refractivity contribution is 0.402. The third kappa shape index (κ3) is 3.67. The van der Waals surface area contributed by atoms with Crippen LogP contribution in [-0.4, -0.2) is 24.1 Å². The summed E-state index contributed by atoms with van der Waals surface area (Å²) in [7, 11) is 2.12. The van der Waals surface area contributed by atoms with E-state index in [2.05, 4.69) is 24.1 Å². The van der Waals surface area contributed by atoms with Crippen molar-refractivity contribution in [3.63, 3.8) is 0 Å². The number of rotatable bonds is 4. The summed E-state index contributed by atoms with van der Waals surface area (Å²) in [4.78, 5) is 0. The van der Waals surface area contributed by atoms with E-state index < -0.39 is 0 Å². The quantitative estimate of drug-likeness (QED) is 0.789. The molecule has 2 atom stereocenters. The van der Waals surface area contributed by atoms with E-state index in [1.807, 2.05) is 0 Å². The van der Waals surface area contributed by atoms with Crippen molar-refractivity contribution in [1.82, 2.24) is 5.32 Å². The topological polar surface area (TPSA) is 12.0 Å². The molecule has 2 aliphatic carbocycles. The normalized spacial score (nSPS) is 33.4. The van der Waals surface area contributed by atoms with Crippen molar-refractivity contribution in [1.29, 1.82) is 0 Å². The summed E-state index contributed by atoms with van der Waals surface area (Å²) >= 11 is 2.27. The van der Waals surface area contributed by atoms with Crippen LogP contribution in [0, 0.1) is 5.92 Å². The minimum atomic E-state index is 0.805. The van der Waals surface area contributed by atoms with E-state index >= 15 is 0 Å². The lowest BCUT2D eigenvalue weighted by atomic mass is 9.95. The molecule has 88 valence electrons. The molecule has 0 saturated heterocycles. The zero-order valence-corrected chi connectivity index (χ0v) is 10.8. The van der Waals surface area contributed by atoms with Crippen molar-refractivity contribution < 1.29 is 0 Å². The Morgan fingerprint density at radius 1 is 1.07 bits per heavy atom. The zero-order chi connectivity index (χ0) is 10.5. The Morgan fingerprint density at radius 3 is 2.60 bits per heavy atom. The van der Waals surface area contributed by atoms with Gasteiger partial charge in [-0.3, -0.25) is 0 Å². The molecule has 1 N–H and O–H groups in total. The van der Waals surface area contributed by atoms with Gasteiger partial charge in [0, 0.05) is 11.3 Å². The Labute approximate surface area is 98.8 Å². The highest BCUT2D eigenvalue weighted by molar-refractivity contribution is 7.99. The van der Waals surface area contributed by atoms with Crippen LogP contribution in [0.25, 0.3) is 0 Å². The molecule has 0 aromatic rings. The summed E-state index contributed by atoms with van der Waals surface area (Å²) in [6, 6.07) is 0.805. The molecule has 0 spiro atoms. The van der Waals surface area contributed by atoms with Crippen LogP contribution in [0.4, 0.5) is 0 Å². The molecule has 0 heterocycles. The van der Waals surface area contributed by atoms with Gasteiger partial charge in [0.15, 0.2) is 0 Å². The third-order valence-electron chi connectivity index (χ3n) is 4.08. The zero-order valence-electron chi connectivity index (χ0n) is 10.0. The van der Waals surface area contributed by atoms with Gasteiger partial charge in [-0.25, -0.2) is 0 Å². The van der Waals surface area contributed by atoms with Gasteiger partial charge in [0.25, 0.3) is 0 Å². The number of hydrogen-bond acceptors (Lipinski definition) is 2. The second kappa shape index (κ2) is 6.15. The Kier molecular flexibility index (Phi) is 4.83. The van der Waals surface area contributed by atoms with Crippen molar-refractivity contribution in [3.8, 4) is 0 Å². The van der Waals surface area contributed by atoms with Crippen LogP contribution in [0.3, 0.4) is 0 Å². The van der Waals surface area contributed by atoms with E-state index in [0.717, 1.165) is 17.2 Å². The fourth-order valence-corrected chi connectivity index (χ4v) is 4.59. The molecular formula is C13H25NS. The van der Waals surface area contributed by atoms with Crippen LogP contribution in [0.1, 0.15) is 51.4 Å². The first-order valence-corrected chi connectivity index (χ1v) is 7.72. The van der Waals surface area contributed by atoms with Crippen molar-refractivity contribution in [2.75, 3.05) is 12.8 Å². The SMILES string of the molecule is CNC1CCCC(SCC2CCCC2)C1. The van der Waals surface area contributed by atoms with Gasteiger partial charge in [-0.15, -0.1) is 0 Å². The maximum absolute atomic E-state index is 3.45. The molecule has 2 saturated carbocycles. The average molecular weight is 227 g/mol. The Bertz CT molecular complexity index is 177. The lowest BCUT2D eigenvalue weighted by Crippen LogP contribution is -2.32. The second-order valence-corrected chi connectivity index (χ2v) is 6.59. The van der Waals surface area contributed by atoms with Crippen molar-refractivity contribution in [3.05, 3.63) is 0 Å². The van der Waals surface area contributed by atoms with Crippen LogP contribution < -0.4 is 5.32 Å². The highest BCUT2D eigenvalue weighted by Gasteiger charge is 2.23. The van der Waals surface area contributed by atoms with Gasteiger partial charge >= 0.3 is 0 Å². The van der Waals surface area contributed by atoms with Crippen molar-refractivity contribution in [2.45, 2.75) is 62.7 Å². The first-order chi connectivity index (χ1) is 7.38. The summed E-state index contributed by atoms with van der Waals surface area (Å²) in [6.07, 6.45) is 11.7. The largest absolute Gasteiger partial charge is 0.317 e. The molecule has 0 bridgehead atoms. The molecule has 0 aliphatic heterocycles. The predicted molar refractivity (Wildman–Crippen MR) is 69.5 cm³/mol. The van der Waals surface area contributed by atoms with Gasteiger partial charge in [-0.05, 0) is 50.8 Å². The predicted octanol–water partition coefficient (Wildman–Crippen LogP) is 3.44. The summed E-state index contributed by atoms with van der Waals surface area (Å²) in [5, 5.41) is 4.40. The van der Waals surface area contributed by atoms with Gasteiger partial charge in [0.1, 0.15) is 0 Å². The van der Waals surface area contributed by atoms with E-state index in [1.54, 1.807) is 0 Å². The lowest BCUT2D eigenvalue weighted by Gasteiger charge is -2.29. The molecule has 2 rings (SSSR count). The van der Waals surface area contributed by atoms with E-state index in [1.165, 1.54) is 57.1 Å². The molecule has 2 heteroatoms. The summed E-state index contributed by atoms with van der Waals surface area (Å²) in [5.41, 5.74) is 0. The Balaban J connectivity index is 1.65. The Morgan fingerprint density at radius 2 is 1.87 bits per heavy atom. The first-order valence-electron chi connectivity index (χ1n) is 6.67. The first kappa shape index (κ1) is 11.8. The third-order valence-corrected chi connectivity index (χ3v) is 5.64. The van der Waals surface area contributed by atoms with Crippen LogP contribution in [0.15, 0.2) is 0 Å². The molecular weight excluding hydrogens is 202 g/mol. The molecule has 1 nitrogen and oxygen atoms in total. The molecule has 2 unspecified atom stereocenters. The van der Waals surface area contributed by atoms with Crippen molar-refractivity contribution >= 4 is 11.8 Å². The van der Waals surface area contributed by atoms with Gasteiger partial charge in [-0.1, -0.05) is 19.3 Å². The van der Waals surface area contributed by atoms with Crippen LogP contribution >= 0.6 is 11.8 Å². The van der Waals surface area contributed by atoms with Crippen LogP contribution in [0.5, 0.6) is 0 Å². The van der Waals surface area contributed by atoms with E-state index in [9.17, 15) is 0 Å². The van der Waals surface area contributed by atoms with E-state index in [0.29, 0.717) is 0 Å². The fourth-order valence-electron chi connectivity index (χ4n) is 3.01. The van der Waals surface area contributed by atoms with Crippen LogP contribution in [-0.2, 0) is 0 Å². The van der Waals surface area contributed by atoms with E-state index in [4.69, 9.17) is 0 Å². The van der Waals surface area contributed by atoms with Gasteiger partial charge < -0.3 is 5.32 Å². The van der Waals surface area contributed by atoms with Gasteiger partial charge in [0.05, 0.1) is 0 Å². The maximum Gasteiger partial charge on any atom is 0.00746 e. The average Bonchev–Trinajstić information content (AvgIpc) is 2.79. The summed E-state index contributed by atoms with van der Waals surface area (Å²) in [6.45, 7) is 0. The smallest absolute Gasteiger partial charge is 0.00746 e. The standard InChI is InChI=1S/C13H25NS/c1-14-12-7-4-8-13(9-12)15-10-11-5-2-3-6-11/h11-14H,2-10H2,1H3. The molecule has 15 heavy (non-hydrogen) atoms. The second-order valence-electron chi connectivity index (χ2n) is 5.26. The van der Waals surface area contributed by atoms with Crippen LogP contribution in [0.2, 0.25) is 0 Å². The van der Waals surface area contributed by atoms with Gasteiger partial charge in [0.2, 0.25) is 0 Å². The van der Waals surface area contributed by atoms with Crippen molar-refractivity contribution in [2.24, 2.45) is 5.92 Å². The summed E-state index contributed by atoms with van der Waals surface area (Å²) < 4.78 is 0. The number of thioether (sulfide) groups is 1. The number of hydrogen-bond donors (Lipinski definition) is 1. The minimum absolute atomic E-state index is 0.805.